The zero-order valence-corrected chi connectivity index (χ0v) is 13.8. The molecule has 124 valence electrons. The van der Waals surface area contributed by atoms with Gasteiger partial charge in [0.05, 0.1) is 7.05 Å². The van der Waals surface area contributed by atoms with E-state index in [0.29, 0.717) is 24.7 Å². The first-order chi connectivity index (χ1) is 11.5. The molecule has 0 aliphatic heterocycles. The van der Waals surface area contributed by atoms with E-state index in [1.165, 1.54) is 24.3 Å². The largest absolute Gasteiger partial charge is 0.409 e. The van der Waals surface area contributed by atoms with Crippen LogP contribution in [0, 0.1) is 16.5 Å². The standard InChI is InChI=1S/C17H15F2N3OS/c1-21(10-12-3-2-4-15(19)9-12)11-22-17(24)23-16(20-22)13-5-7-14(18)8-6-13/h2-9H,10-11H2,1H3/p+1. The van der Waals surface area contributed by atoms with E-state index < -0.39 is 0 Å². The normalized spacial score (nSPS) is 12.3. The number of hydrogen-bond acceptors (Lipinski definition) is 3. The Kier molecular flexibility index (Phi) is 4.82. The molecule has 0 fully saturated rings. The van der Waals surface area contributed by atoms with Crippen LogP contribution in [0.1, 0.15) is 5.56 Å². The number of halogens is 2. The van der Waals surface area contributed by atoms with E-state index in [4.69, 9.17) is 16.6 Å². The summed E-state index contributed by atoms with van der Waals surface area (Å²) in [5.74, 6) is -0.230. The van der Waals surface area contributed by atoms with Gasteiger partial charge in [-0.15, -0.1) is 5.10 Å². The lowest BCUT2D eigenvalue weighted by Crippen LogP contribution is -3.07. The Bertz CT molecular complexity index is 889. The van der Waals surface area contributed by atoms with E-state index in [1.54, 1.807) is 22.9 Å². The molecule has 0 aliphatic rings. The smallest absolute Gasteiger partial charge is 0.292 e. The molecule has 0 radical (unpaired) electrons. The van der Waals surface area contributed by atoms with Gasteiger partial charge in [-0.05, 0) is 48.6 Å². The molecule has 3 rings (SSSR count). The average molecular weight is 348 g/mol. The van der Waals surface area contributed by atoms with Crippen LogP contribution in [0.4, 0.5) is 8.78 Å². The van der Waals surface area contributed by atoms with Crippen LogP contribution >= 0.6 is 12.2 Å². The Morgan fingerprint density at radius 1 is 1.12 bits per heavy atom. The Labute approximate surface area is 143 Å². The van der Waals surface area contributed by atoms with Crippen LogP contribution in [-0.2, 0) is 13.2 Å². The molecule has 1 heterocycles. The summed E-state index contributed by atoms with van der Waals surface area (Å²) in [7, 11) is 1.96. The zero-order chi connectivity index (χ0) is 17.1. The van der Waals surface area contributed by atoms with Gasteiger partial charge in [0.2, 0.25) is 5.89 Å². The van der Waals surface area contributed by atoms with Crippen LogP contribution in [-0.4, -0.2) is 16.8 Å². The SMILES string of the molecule is C[NH+](Cc1cccc(F)c1)Cn1nc(-c2ccc(F)cc2)oc1=S. The van der Waals surface area contributed by atoms with Crippen molar-refractivity contribution in [2.75, 3.05) is 7.05 Å². The first kappa shape index (κ1) is 16.5. The highest BCUT2D eigenvalue weighted by molar-refractivity contribution is 7.71. The molecule has 24 heavy (non-hydrogen) atoms. The minimum Gasteiger partial charge on any atom is -0.409 e. The third-order valence-corrected chi connectivity index (χ3v) is 3.81. The molecule has 3 aromatic rings. The molecule has 7 heteroatoms. The number of aromatic nitrogens is 2. The van der Waals surface area contributed by atoms with Crippen molar-refractivity contribution in [1.82, 2.24) is 9.78 Å². The van der Waals surface area contributed by atoms with Crippen LogP contribution < -0.4 is 4.90 Å². The van der Waals surface area contributed by atoms with Crippen molar-refractivity contribution in [2.45, 2.75) is 13.2 Å². The molecule has 1 N–H and O–H groups in total. The highest BCUT2D eigenvalue weighted by Crippen LogP contribution is 2.17. The summed E-state index contributed by atoms with van der Waals surface area (Å²) in [6.45, 7) is 1.10. The molecule has 1 atom stereocenters. The Morgan fingerprint density at radius 3 is 2.58 bits per heavy atom. The number of benzene rings is 2. The first-order valence-electron chi connectivity index (χ1n) is 7.41. The monoisotopic (exact) mass is 348 g/mol. The second-order valence-electron chi connectivity index (χ2n) is 5.60. The van der Waals surface area contributed by atoms with Gasteiger partial charge < -0.3 is 9.32 Å². The summed E-state index contributed by atoms with van der Waals surface area (Å²) in [4.78, 5) is 1.31. The summed E-state index contributed by atoms with van der Waals surface area (Å²) >= 11 is 5.19. The highest BCUT2D eigenvalue weighted by atomic mass is 32.1. The van der Waals surface area contributed by atoms with E-state index in [2.05, 4.69) is 5.10 Å². The number of nitrogens with zero attached hydrogens (tertiary/aromatic N) is 2. The fraction of sp³-hybridized carbons (Fsp3) is 0.176. The summed E-state index contributed by atoms with van der Waals surface area (Å²) in [5.41, 5.74) is 1.55. The highest BCUT2D eigenvalue weighted by Gasteiger charge is 2.12. The van der Waals surface area contributed by atoms with Crippen molar-refractivity contribution in [2.24, 2.45) is 0 Å². The lowest BCUT2D eigenvalue weighted by molar-refractivity contribution is -0.917. The molecule has 1 aromatic heterocycles. The first-order valence-corrected chi connectivity index (χ1v) is 7.82. The molecule has 4 nitrogen and oxygen atoms in total. The molecule has 0 amide bonds. The van der Waals surface area contributed by atoms with Crippen LogP contribution in [0.25, 0.3) is 11.5 Å². The molecular weight excluding hydrogens is 332 g/mol. The van der Waals surface area contributed by atoms with Crippen molar-refractivity contribution in [1.29, 1.82) is 0 Å². The van der Waals surface area contributed by atoms with Gasteiger partial charge >= 0.3 is 0 Å². The second-order valence-corrected chi connectivity index (χ2v) is 5.95. The second kappa shape index (κ2) is 7.02. The molecule has 0 aliphatic carbocycles. The van der Waals surface area contributed by atoms with E-state index in [-0.39, 0.29) is 16.5 Å². The molecule has 0 bridgehead atoms. The number of rotatable bonds is 5. The quantitative estimate of drug-likeness (QED) is 0.720. The van der Waals surface area contributed by atoms with Gasteiger partial charge in [-0.2, -0.15) is 4.68 Å². The van der Waals surface area contributed by atoms with Crippen molar-refractivity contribution in [3.63, 3.8) is 0 Å². The van der Waals surface area contributed by atoms with Crippen molar-refractivity contribution < 1.29 is 18.1 Å². The molecule has 1 unspecified atom stereocenters. The third-order valence-electron chi connectivity index (χ3n) is 3.51. The number of hydrogen-bond donors (Lipinski definition) is 1. The van der Waals surface area contributed by atoms with E-state index >= 15 is 0 Å². The van der Waals surface area contributed by atoms with Crippen LogP contribution in [0.5, 0.6) is 0 Å². The van der Waals surface area contributed by atoms with Gasteiger partial charge in [-0.1, -0.05) is 12.1 Å². The minimum absolute atomic E-state index is 0.243. The number of quaternary nitrogens is 1. The molecule has 0 saturated heterocycles. The Morgan fingerprint density at radius 2 is 1.88 bits per heavy atom. The van der Waals surface area contributed by atoms with Gasteiger partial charge in [0, 0.05) is 11.1 Å². The molecule has 0 spiro atoms. The van der Waals surface area contributed by atoms with Crippen LogP contribution in [0.2, 0.25) is 0 Å². The third kappa shape index (κ3) is 3.93. The topological polar surface area (TPSA) is 35.4 Å². The van der Waals surface area contributed by atoms with Gasteiger partial charge in [-0.3, -0.25) is 0 Å². The maximum Gasteiger partial charge on any atom is 0.292 e. The van der Waals surface area contributed by atoms with Gasteiger partial charge in [0.15, 0.2) is 6.67 Å². The summed E-state index contributed by atoms with van der Waals surface area (Å²) in [6, 6.07) is 12.3. The van der Waals surface area contributed by atoms with Gasteiger partial charge in [-0.25, -0.2) is 8.78 Å². The summed E-state index contributed by atoms with van der Waals surface area (Å²) in [6.07, 6.45) is 0. The molecular formula is C17H16F2N3OS+. The molecule has 2 aromatic carbocycles. The number of nitrogens with one attached hydrogen (secondary N) is 1. The zero-order valence-electron chi connectivity index (χ0n) is 13.0. The predicted molar refractivity (Wildman–Crippen MR) is 87.7 cm³/mol. The fourth-order valence-corrected chi connectivity index (χ4v) is 2.61. The van der Waals surface area contributed by atoms with Crippen molar-refractivity contribution >= 4 is 12.2 Å². The Balaban J connectivity index is 1.73. The maximum atomic E-state index is 13.2. The maximum absolute atomic E-state index is 13.2. The lowest BCUT2D eigenvalue weighted by atomic mass is 10.2. The van der Waals surface area contributed by atoms with E-state index in [0.717, 1.165) is 10.5 Å². The fourth-order valence-electron chi connectivity index (χ4n) is 2.42. The summed E-state index contributed by atoms with van der Waals surface area (Å²) < 4.78 is 33.3. The predicted octanol–water partition coefficient (Wildman–Crippen LogP) is 2.82. The van der Waals surface area contributed by atoms with E-state index in [9.17, 15) is 8.78 Å². The minimum atomic E-state index is -0.323. The van der Waals surface area contributed by atoms with E-state index in [1.807, 2.05) is 13.1 Å². The van der Waals surface area contributed by atoms with Crippen molar-refractivity contribution in [3.8, 4) is 11.5 Å². The van der Waals surface area contributed by atoms with Crippen molar-refractivity contribution in [3.05, 3.63) is 70.6 Å². The van der Waals surface area contributed by atoms with Crippen LogP contribution in [0.3, 0.4) is 0 Å². The lowest BCUT2D eigenvalue weighted by Gasteiger charge is -2.13. The summed E-state index contributed by atoms with van der Waals surface area (Å²) in [5, 5.41) is 4.34. The van der Waals surface area contributed by atoms with Crippen LogP contribution in [0.15, 0.2) is 52.9 Å². The Hall–Kier alpha value is -2.38. The van der Waals surface area contributed by atoms with Gasteiger partial charge in [0.25, 0.3) is 4.84 Å². The molecule has 0 saturated carbocycles. The van der Waals surface area contributed by atoms with Gasteiger partial charge in [0.1, 0.15) is 18.2 Å². The average Bonchev–Trinajstić information content (AvgIpc) is 2.89.